The van der Waals surface area contributed by atoms with E-state index in [0.717, 1.165) is 25.7 Å². The number of amides is 2. The molecule has 2 amide bonds. The van der Waals surface area contributed by atoms with Crippen LogP contribution in [0.1, 0.15) is 73.6 Å². The van der Waals surface area contributed by atoms with Gasteiger partial charge in [0.05, 0.1) is 6.61 Å². The number of carbonyl (C=O) groups excluding carboxylic acids is 2. The highest BCUT2D eigenvalue weighted by atomic mass is 16.6. The van der Waals surface area contributed by atoms with Crippen molar-refractivity contribution in [2.75, 3.05) is 26.7 Å². The molecular weight excluding hydrogens is 456 g/mol. The Bertz CT molecular complexity index is 799. The zero-order valence-electron chi connectivity index (χ0n) is 22.1. The molecule has 0 aliphatic heterocycles. The maximum atomic E-state index is 12.5. The number of ether oxygens (including phenoxy) is 2. The standard InChI is InChI=1S/C25H42N2O8/c1-18(20(28)29)13-12-16-34-22(32)26-14-10-8-9-11-15-27(7)23(33)35-25(5,6)24(3,4)17-19(2)21(30)31/h13,17H,8-12,14-16H2,1-7H3,(H,26,32)(H,28,29)(H,30,31). The van der Waals surface area contributed by atoms with Crippen molar-refractivity contribution in [1.82, 2.24) is 10.2 Å². The second kappa shape index (κ2) is 15.1. The Hall–Kier alpha value is -3.04. The number of rotatable bonds is 15. The van der Waals surface area contributed by atoms with Gasteiger partial charge in [-0.05, 0) is 40.5 Å². The van der Waals surface area contributed by atoms with Crippen molar-refractivity contribution < 1.29 is 38.9 Å². The first-order valence-corrected chi connectivity index (χ1v) is 11.8. The molecule has 0 atom stereocenters. The van der Waals surface area contributed by atoms with E-state index in [-0.39, 0.29) is 17.8 Å². The zero-order valence-corrected chi connectivity index (χ0v) is 22.1. The molecule has 0 unspecified atom stereocenters. The fourth-order valence-corrected chi connectivity index (χ4v) is 2.88. The summed E-state index contributed by atoms with van der Waals surface area (Å²) < 4.78 is 10.7. The number of nitrogens with zero attached hydrogens (tertiary/aromatic N) is 1. The second-order valence-electron chi connectivity index (χ2n) is 9.61. The number of alkyl carbamates (subject to hydrolysis) is 1. The predicted octanol–water partition coefficient (Wildman–Crippen LogP) is 4.60. The average molecular weight is 499 g/mol. The molecule has 0 heterocycles. The minimum atomic E-state index is -1.01. The van der Waals surface area contributed by atoms with Crippen molar-refractivity contribution in [3.05, 3.63) is 23.3 Å². The number of nitrogens with one attached hydrogen (secondary N) is 1. The van der Waals surface area contributed by atoms with Crippen LogP contribution in [0, 0.1) is 5.41 Å². The van der Waals surface area contributed by atoms with E-state index in [9.17, 15) is 19.2 Å². The highest BCUT2D eigenvalue weighted by molar-refractivity contribution is 5.86. The van der Waals surface area contributed by atoms with Gasteiger partial charge in [0.2, 0.25) is 0 Å². The van der Waals surface area contributed by atoms with Crippen molar-refractivity contribution in [2.45, 2.75) is 79.2 Å². The minimum Gasteiger partial charge on any atom is -0.478 e. The molecule has 3 N–H and O–H groups in total. The summed E-state index contributed by atoms with van der Waals surface area (Å²) in [5.74, 6) is -2.00. The van der Waals surface area contributed by atoms with Gasteiger partial charge in [-0.1, -0.05) is 38.8 Å². The van der Waals surface area contributed by atoms with Crippen LogP contribution < -0.4 is 5.32 Å². The zero-order chi connectivity index (χ0) is 27.2. The number of carboxylic acid groups (broad SMARTS) is 2. The molecule has 0 rings (SSSR count). The van der Waals surface area contributed by atoms with Crippen LogP contribution in [0.15, 0.2) is 23.3 Å². The van der Waals surface area contributed by atoms with Gasteiger partial charge in [0.15, 0.2) is 0 Å². The number of hydrogen-bond donors (Lipinski definition) is 3. The van der Waals surface area contributed by atoms with Crippen LogP contribution in [-0.2, 0) is 19.1 Å². The lowest BCUT2D eigenvalue weighted by molar-refractivity contribution is -0.133. The first kappa shape index (κ1) is 32.0. The van der Waals surface area contributed by atoms with Crippen LogP contribution >= 0.6 is 0 Å². The molecular formula is C25H42N2O8. The van der Waals surface area contributed by atoms with Gasteiger partial charge >= 0.3 is 24.1 Å². The number of carbonyl (C=O) groups is 4. The largest absolute Gasteiger partial charge is 0.478 e. The van der Waals surface area contributed by atoms with E-state index < -0.39 is 35.1 Å². The van der Waals surface area contributed by atoms with Gasteiger partial charge in [0.25, 0.3) is 0 Å². The molecule has 0 aromatic carbocycles. The van der Waals surface area contributed by atoms with E-state index in [1.807, 2.05) is 13.8 Å². The van der Waals surface area contributed by atoms with Gasteiger partial charge in [-0.15, -0.1) is 0 Å². The SMILES string of the molecule is CC(=CCCOC(=O)NCCCCCCN(C)C(=O)OC(C)(C)C(C)(C)C=C(C)C(=O)O)C(=O)O. The lowest BCUT2D eigenvalue weighted by Gasteiger charge is -2.40. The molecule has 0 bridgehead atoms. The van der Waals surface area contributed by atoms with Crippen LogP contribution in [0.3, 0.4) is 0 Å². The van der Waals surface area contributed by atoms with Crippen molar-refractivity contribution in [2.24, 2.45) is 5.41 Å². The maximum absolute atomic E-state index is 12.5. The topological polar surface area (TPSA) is 142 Å². The lowest BCUT2D eigenvalue weighted by Crippen LogP contribution is -2.45. The monoisotopic (exact) mass is 498 g/mol. The fourth-order valence-electron chi connectivity index (χ4n) is 2.88. The number of unbranched alkanes of at least 4 members (excludes halogenated alkanes) is 3. The van der Waals surface area contributed by atoms with E-state index in [4.69, 9.17) is 19.7 Å². The van der Waals surface area contributed by atoms with Crippen molar-refractivity contribution >= 4 is 24.1 Å². The van der Waals surface area contributed by atoms with E-state index in [1.165, 1.54) is 24.8 Å². The Morgan fingerprint density at radius 3 is 2.06 bits per heavy atom. The van der Waals surface area contributed by atoms with E-state index >= 15 is 0 Å². The molecule has 0 radical (unpaired) electrons. The molecule has 0 fully saturated rings. The maximum Gasteiger partial charge on any atom is 0.410 e. The summed E-state index contributed by atoms with van der Waals surface area (Å²) in [5.41, 5.74) is -1.20. The summed E-state index contributed by atoms with van der Waals surface area (Å²) in [5, 5.41) is 20.5. The lowest BCUT2D eigenvalue weighted by atomic mass is 9.76. The first-order valence-electron chi connectivity index (χ1n) is 11.8. The van der Waals surface area contributed by atoms with Gasteiger partial charge in [-0.2, -0.15) is 0 Å². The van der Waals surface area contributed by atoms with Gasteiger partial charge in [0, 0.05) is 43.1 Å². The minimum absolute atomic E-state index is 0.113. The van der Waals surface area contributed by atoms with Crippen LogP contribution in [-0.4, -0.2) is 71.6 Å². The van der Waals surface area contributed by atoms with Crippen LogP contribution in [0.4, 0.5) is 9.59 Å². The van der Waals surface area contributed by atoms with Crippen LogP contribution in [0.25, 0.3) is 0 Å². The molecule has 10 nitrogen and oxygen atoms in total. The first-order chi connectivity index (χ1) is 16.1. The molecule has 0 aromatic rings. The molecule has 0 aliphatic carbocycles. The smallest absolute Gasteiger partial charge is 0.410 e. The van der Waals surface area contributed by atoms with Gasteiger partial charge in [0.1, 0.15) is 5.60 Å². The molecule has 10 heteroatoms. The van der Waals surface area contributed by atoms with Crippen molar-refractivity contribution in [3.63, 3.8) is 0 Å². The number of hydrogen-bond acceptors (Lipinski definition) is 6. The third-order valence-electron chi connectivity index (χ3n) is 5.95. The van der Waals surface area contributed by atoms with Gasteiger partial charge in [-0.3, -0.25) is 0 Å². The second-order valence-corrected chi connectivity index (χ2v) is 9.61. The van der Waals surface area contributed by atoms with Crippen LogP contribution in [0.5, 0.6) is 0 Å². The van der Waals surface area contributed by atoms with Crippen LogP contribution in [0.2, 0.25) is 0 Å². The summed E-state index contributed by atoms with van der Waals surface area (Å²) in [6.07, 6.45) is 5.70. The molecule has 0 spiro atoms. The Morgan fingerprint density at radius 1 is 0.914 bits per heavy atom. The third kappa shape index (κ3) is 12.8. The number of carboxylic acids is 2. The summed E-state index contributed by atoms with van der Waals surface area (Å²) in [4.78, 5) is 47.4. The summed E-state index contributed by atoms with van der Waals surface area (Å²) in [7, 11) is 1.66. The third-order valence-corrected chi connectivity index (χ3v) is 5.95. The van der Waals surface area contributed by atoms with E-state index in [1.54, 1.807) is 27.0 Å². The highest BCUT2D eigenvalue weighted by Crippen LogP contribution is 2.36. The van der Waals surface area contributed by atoms with Gasteiger partial charge < -0.3 is 29.9 Å². The Morgan fingerprint density at radius 2 is 1.49 bits per heavy atom. The fraction of sp³-hybridized carbons (Fsp3) is 0.680. The van der Waals surface area contributed by atoms with E-state index in [2.05, 4.69) is 5.32 Å². The highest BCUT2D eigenvalue weighted by Gasteiger charge is 2.40. The normalized spacial score (nSPS) is 12.7. The summed E-state index contributed by atoms with van der Waals surface area (Å²) >= 11 is 0. The Labute approximate surface area is 208 Å². The summed E-state index contributed by atoms with van der Waals surface area (Å²) in [6.45, 7) is 11.3. The van der Waals surface area contributed by atoms with E-state index in [0.29, 0.717) is 19.5 Å². The molecule has 0 saturated heterocycles. The predicted molar refractivity (Wildman–Crippen MR) is 132 cm³/mol. The van der Waals surface area contributed by atoms with Crippen molar-refractivity contribution in [3.8, 4) is 0 Å². The molecule has 200 valence electrons. The number of aliphatic carboxylic acids is 2. The summed E-state index contributed by atoms with van der Waals surface area (Å²) in [6, 6.07) is 0. The molecule has 0 aliphatic rings. The molecule has 0 saturated carbocycles. The van der Waals surface area contributed by atoms with Crippen molar-refractivity contribution in [1.29, 1.82) is 0 Å². The molecule has 35 heavy (non-hydrogen) atoms. The Kier molecular flexibility index (Phi) is 13.7. The average Bonchev–Trinajstić information content (AvgIpc) is 2.74. The Balaban J connectivity index is 4.17. The molecule has 0 aromatic heterocycles. The quantitative estimate of drug-likeness (QED) is 0.220. The van der Waals surface area contributed by atoms with Gasteiger partial charge in [-0.25, -0.2) is 19.2 Å².